The molecule has 0 saturated carbocycles. The molecule has 0 saturated heterocycles. The Morgan fingerprint density at radius 1 is 1.12 bits per heavy atom. The summed E-state index contributed by atoms with van der Waals surface area (Å²) in [4.78, 5) is 27.4. The van der Waals surface area contributed by atoms with E-state index in [-0.39, 0.29) is 11.8 Å². The maximum Gasteiger partial charge on any atom is 0.242 e. The number of nitrogens with zero attached hydrogens (tertiary/aromatic N) is 1. The lowest BCUT2D eigenvalue weighted by Crippen LogP contribution is -2.49. The fourth-order valence-corrected chi connectivity index (χ4v) is 3.13. The molecular weight excluding hydrogens is 328 g/mol. The molecule has 2 aromatic rings. The Morgan fingerprint density at radius 2 is 1.81 bits per heavy atom. The lowest BCUT2D eigenvalue weighted by molar-refractivity contribution is -0.139. The predicted octanol–water partition coefficient (Wildman–Crippen LogP) is 2.93. The van der Waals surface area contributed by atoms with Crippen LogP contribution in [0.1, 0.15) is 25.0 Å². The van der Waals surface area contributed by atoms with E-state index >= 15 is 0 Å². The summed E-state index contributed by atoms with van der Waals surface area (Å²) < 4.78 is 5.13. The lowest BCUT2D eigenvalue weighted by Gasteiger charge is -2.28. The molecule has 0 aromatic heterocycles. The second-order valence-corrected chi connectivity index (χ2v) is 6.99. The normalized spacial score (nSPS) is 13.3. The van der Waals surface area contributed by atoms with Gasteiger partial charge in [-0.25, -0.2) is 0 Å². The Bertz CT molecular complexity index is 812. The molecule has 1 aliphatic rings. The van der Waals surface area contributed by atoms with Crippen LogP contribution in [-0.4, -0.2) is 25.5 Å². The molecule has 2 amide bonds. The van der Waals surface area contributed by atoms with Crippen molar-refractivity contribution in [3.63, 3.8) is 0 Å². The van der Waals surface area contributed by atoms with Crippen LogP contribution in [0.15, 0.2) is 48.5 Å². The van der Waals surface area contributed by atoms with Crippen LogP contribution in [-0.2, 0) is 22.6 Å². The first-order chi connectivity index (χ1) is 12.4. The average molecular weight is 352 g/mol. The minimum atomic E-state index is -1.13. The van der Waals surface area contributed by atoms with Gasteiger partial charge in [0.2, 0.25) is 11.8 Å². The van der Waals surface area contributed by atoms with Crippen molar-refractivity contribution in [2.24, 2.45) is 5.41 Å². The van der Waals surface area contributed by atoms with Crippen molar-refractivity contribution in [1.29, 1.82) is 0 Å². The van der Waals surface area contributed by atoms with E-state index in [4.69, 9.17) is 4.74 Å². The van der Waals surface area contributed by atoms with Crippen molar-refractivity contribution in [3.05, 3.63) is 59.7 Å². The fraction of sp³-hybridized carbons (Fsp3) is 0.333. The maximum atomic E-state index is 13.0. The summed E-state index contributed by atoms with van der Waals surface area (Å²) in [6, 6.07) is 15.3. The van der Waals surface area contributed by atoms with Crippen LogP contribution >= 0.6 is 0 Å². The van der Waals surface area contributed by atoms with Gasteiger partial charge in [-0.15, -0.1) is 0 Å². The molecule has 5 nitrogen and oxygen atoms in total. The number of rotatable bonds is 5. The zero-order valence-corrected chi connectivity index (χ0v) is 15.4. The van der Waals surface area contributed by atoms with Crippen LogP contribution in [0.2, 0.25) is 0 Å². The molecule has 1 aliphatic heterocycles. The van der Waals surface area contributed by atoms with Gasteiger partial charge in [-0.3, -0.25) is 9.59 Å². The highest BCUT2D eigenvalue weighted by molar-refractivity contribution is 6.11. The van der Waals surface area contributed by atoms with Crippen molar-refractivity contribution >= 4 is 17.5 Å². The van der Waals surface area contributed by atoms with Crippen molar-refractivity contribution < 1.29 is 14.3 Å². The summed E-state index contributed by atoms with van der Waals surface area (Å²) in [6.07, 6.45) is 0.825. The van der Waals surface area contributed by atoms with Gasteiger partial charge in [0.05, 0.1) is 7.11 Å². The number of carbonyl (C=O) groups is 2. The lowest BCUT2D eigenvalue weighted by atomic mass is 9.90. The number of hydrogen-bond acceptors (Lipinski definition) is 3. The minimum Gasteiger partial charge on any atom is -0.497 e. The van der Waals surface area contributed by atoms with E-state index in [1.165, 1.54) is 0 Å². The topological polar surface area (TPSA) is 58.6 Å². The molecular formula is C21H24N2O3. The third-order valence-corrected chi connectivity index (χ3v) is 4.85. The molecule has 3 rings (SSSR count). The molecule has 5 heteroatoms. The maximum absolute atomic E-state index is 13.0. The van der Waals surface area contributed by atoms with Gasteiger partial charge in [0.15, 0.2) is 0 Å². The number of nitrogens with one attached hydrogen (secondary N) is 1. The van der Waals surface area contributed by atoms with E-state index in [2.05, 4.69) is 5.32 Å². The first kappa shape index (κ1) is 18.0. The standard InChI is InChI=1S/C21H24N2O3/c1-21(2,19(24)22-14-15-8-10-17(26-3)11-9-15)20(25)23-13-12-16-6-4-5-7-18(16)23/h4-11H,12-14H2,1-3H3,(H,22,24). The van der Waals surface area contributed by atoms with Gasteiger partial charge < -0.3 is 15.0 Å². The summed E-state index contributed by atoms with van der Waals surface area (Å²) in [5.74, 6) is 0.320. The highest BCUT2D eigenvalue weighted by atomic mass is 16.5. The van der Waals surface area contributed by atoms with Gasteiger partial charge in [0, 0.05) is 18.8 Å². The molecule has 1 N–H and O–H groups in total. The molecule has 0 fully saturated rings. The monoisotopic (exact) mass is 352 g/mol. The number of carbonyl (C=O) groups excluding carboxylic acids is 2. The molecule has 1 heterocycles. The van der Waals surface area contributed by atoms with E-state index in [0.29, 0.717) is 13.1 Å². The van der Waals surface area contributed by atoms with Crippen LogP contribution < -0.4 is 15.0 Å². The molecule has 2 aromatic carbocycles. The molecule has 0 spiro atoms. The fourth-order valence-electron chi connectivity index (χ4n) is 3.13. The summed E-state index contributed by atoms with van der Waals surface area (Å²) in [5, 5.41) is 2.88. The van der Waals surface area contributed by atoms with Gasteiger partial charge in [-0.2, -0.15) is 0 Å². The molecule has 0 atom stereocenters. The van der Waals surface area contributed by atoms with Gasteiger partial charge in [-0.1, -0.05) is 30.3 Å². The molecule has 0 bridgehead atoms. The SMILES string of the molecule is COc1ccc(CNC(=O)C(C)(C)C(=O)N2CCc3ccccc32)cc1. The van der Waals surface area contributed by atoms with Crippen LogP contribution in [0.5, 0.6) is 5.75 Å². The highest BCUT2D eigenvalue weighted by Gasteiger charge is 2.41. The zero-order chi connectivity index (χ0) is 18.7. The third kappa shape index (κ3) is 3.43. The van der Waals surface area contributed by atoms with Crippen LogP contribution in [0, 0.1) is 5.41 Å². The highest BCUT2D eigenvalue weighted by Crippen LogP contribution is 2.32. The summed E-state index contributed by atoms with van der Waals surface area (Å²) in [5.41, 5.74) is 1.88. The Morgan fingerprint density at radius 3 is 2.50 bits per heavy atom. The van der Waals surface area contributed by atoms with Crippen molar-refractivity contribution in [3.8, 4) is 5.75 Å². The number of para-hydroxylation sites is 1. The predicted molar refractivity (Wildman–Crippen MR) is 101 cm³/mol. The van der Waals surface area contributed by atoms with Gasteiger partial charge in [-0.05, 0) is 49.6 Å². The summed E-state index contributed by atoms with van der Waals surface area (Å²) in [7, 11) is 1.61. The minimum absolute atomic E-state index is 0.172. The van der Waals surface area contributed by atoms with Gasteiger partial charge in [0.1, 0.15) is 11.2 Å². The zero-order valence-electron chi connectivity index (χ0n) is 15.4. The average Bonchev–Trinajstić information content (AvgIpc) is 3.09. The summed E-state index contributed by atoms with van der Waals surface area (Å²) in [6.45, 7) is 4.35. The molecule has 0 aliphatic carbocycles. The van der Waals surface area contributed by atoms with Crippen molar-refractivity contribution in [2.75, 3.05) is 18.6 Å². The quantitative estimate of drug-likeness (QED) is 0.842. The second kappa shape index (κ2) is 7.20. The Labute approximate surface area is 154 Å². The van der Waals surface area contributed by atoms with Crippen LogP contribution in [0.25, 0.3) is 0 Å². The van der Waals surface area contributed by atoms with Crippen LogP contribution in [0.4, 0.5) is 5.69 Å². The number of hydrogen-bond donors (Lipinski definition) is 1. The van der Waals surface area contributed by atoms with Crippen molar-refractivity contribution in [2.45, 2.75) is 26.8 Å². The Hall–Kier alpha value is -2.82. The molecule has 26 heavy (non-hydrogen) atoms. The Balaban J connectivity index is 1.66. The van der Waals surface area contributed by atoms with E-state index in [1.54, 1.807) is 25.9 Å². The second-order valence-electron chi connectivity index (χ2n) is 6.99. The molecule has 0 radical (unpaired) electrons. The van der Waals surface area contributed by atoms with E-state index in [9.17, 15) is 9.59 Å². The molecule has 0 unspecified atom stereocenters. The summed E-state index contributed by atoms with van der Waals surface area (Å²) >= 11 is 0. The molecule has 136 valence electrons. The number of methoxy groups -OCH3 is 1. The first-order valence-electron chi connectivity index (χ1n) is 8.74. The third-order valence-electron chi connectivity index (χ3n) is 4.85. The smallest absolute Gasteiger partial charge is 0.242 e. The number of amides is 2. The number of ether oxygens (including phenoxy) is 1. The number of fused-ring (bicyclic) bond motifs is 1. The van der Waals surface area contributed by atoms with E-state index < -0.39 is 5.41 Å². The number of benzene rings is 2. The van der Waals surface area contributed by atoms with Crippen LogP contribution in [0.3, 0.4) is 0 Å². The van der Waals surface area contributed by atoms with E-state index in [0.717, 1.165) is 29.0 Å². The number of anilines is 1. The first-order valence-corrected chi connectivity index (χ1v) is 8.74. The van der Waals surface area contributed by atoms with Gasteiger partial charge in [0.25, 0.3) is 0 Å². The van der Waals surface area contributed by atoms with Crippen molar-refractivity contribution in [1.82, 2.24) is 5.32 Å². The van der Waals surface area contributed by atoms with E-state index in [1.807, 2.05) is 48.5 Å². The largest absolute Gasteiger partial charge is 0.497 e. The Kier molecular flexibility index (Phi) is 4.98. The van der Waals surface area contributed by atoms with Gasteiger partial charge >= 0.3 is 0 Å².